The lowest BCUT2D eigenvalue weighted by Crippen LogP contribution is -2.58. The van der Waals surface area contributed by atoms with Crippen molar-refractivity contribution in [3.05, 3.63) is 65.3 Å². The smallest absolute Gasteiger partial charge is 0.225 e. The summed E-state index contributed by atoms with van der Waals surface area (Å²) >= 11 is 6.04. The summed E-state index contributed by atoms with van der Waals surface area (Å²) in [5.41, 5.74) is 1.67. The first-order valence-electron chi connectivity index (χ1n) is 12.3. The molecule has 1 atom stereocenters. The van der Waals surface area contributed by atoms with Crippen LogP contribution in [0.4, 0.5) is 0 Å². The lowest BCUT2D eigenvalue weighted by Gasteiger charge is -2.43. The van der Waals surface area contributed by atoms with Gasteiger partial charge < -0.3 is 24.3 Å². The largest absolute Gasteiger partial charge is 0.491 e. The molecule has 8 heteroatoms. The van der Waals surface area contributed by atoms with Gasteiger partial charge in [-0.2, -0.15) is 0 Å². The number of nitrogens with zero attached hydrogens (tertiary/aromatic N) is 3. The number of likely N-dealkylation sites (N-methyl/N-ethyl adjacent to an activating group) is 1. The summed E-state index contributed by atoms with van der Waals surface area (Å²) in [4.78, 5) is 23.2. The van der Waals surface area contributed by atoms with Crippen molar-refractivity contribution in [1.82, 2.24) is 19.7 Å². The van der Waals surface area contributed by atoms with Crippen LogP contribution in [0.5, 0.6) is 5.75 Å². The fraction of sp³-hybridized carbons (Fsp3) is 0.444. The molecule has 0 bridgehead atoms. The molecule has 3 heterocycles. The minimum Gasteiger partial charge on any atom is -0.491 e. The van der Waals surface area contributed by atoms with E-state index in [0.29, 0.717) is 31.2 Å². The minimum atomic E-state index is -0.712. The number of halogens is 1. The van der Waals surface area contributed by atoms with E-state index in [1.807, 2.05) is 35.4 Å². The van der Waals surface area contributed by atoms with Gasteiger partial charge in [0.25, 0.3) is 0 Å². The van der Waals surface area contributed by atoms with E-state index in [1.165, 1.54) is 10.9 Å². The summed E-state index contributed by atoms with van der Waals surface area (Å²) in [5.74, 6) is 0.854. The number of fused-ring (bicyclic) bond motifs is 1. The molecule has 0 unspecified atom stereocenters. The Kier molecular flexibility index (Phi) is 7.29. The molecule has 186 valence electrons. The van der Waals surface area contributed by atoms with E-state index in [1.54, 1.807) is 0 Å². The number of piperazine rings is 1. The van der Waals surface area contributed by atoms with E-state index in [4.69, 9.17) is 21.1 Å². The second-order valence-electron chi connectivity index (χ2n) is 9.74. The van der Waals surface area contributed by atoms with Gasteiger partial charge in [0.1, 0.15) is 18.0 Å². The van der Waals surface area contributed by atoms with Gasteiger partial charge >= 0.3 is 0 Å². The predicted octanol–water partition coefficient (Wildman–Crippen LogP) is 3.64. The zero-order valence-corrected chi connectivity index (χ0v) is 21.0. The highest BCUT2D eigenvalue weighted by Crippen LogP contribution is 2.27. The highest BCUT2D eigenvalue weighted by Gasteiger charge is 2.41. The van der Waals surface area contributed by atoms with E-state index in [0.717, 1.165) is 50.5 Å². The van der Waals surface area contributed by atoms with Crippen LogP contribution in [0.1, 0.15) is 12.0 Å². The van der Waals surface area contributed by atoms with Gasteiger partial charge in [-0.05, 0) is 60.5 Å². The quantitative estimate of drug-likeness (QED) is 0.541. The van der Waals surface area contributed by atoms with Crippen LogP contribution in [0.2, 0.25) is 5.02 Å². The maximum Gasteiger partial charge on any atom is 0.225 e. The van der Waals surface area contributed by atoms with Gasteiger partial charge in [0.15, 0.2) is 0 Å². The molecule has 0 radical (unpaired) electrons. The number of rotatable bonds is 7. The molecule has 2 aromatic carbocycles. The number of morpholine rings is 1. The van der Waals surface area contributed by atoms with Gasteiger partial charge in [-0.3, -0.25) is 9.69 Å². The Morgan fingerprint density at radius 1 is 1.09 bits per heavy atom. The molecular formula is C27H33ClN4O3. The number of H-pyrrole nitrogens is 1. The van der Waals surface area contributed by atoms with Crippen LogP contribution in [0.3, 0.4) is 0 Å². The third-order valence-electron chi connectivity index (χ3n) is 7.00. The number of hydrogen-bond donors (Lipinski definition) is 1. The first-order chi connectivity index (χ1) is 17.0. The van der Waals surface area contributed by atoms with Gasteiger partial charge in [-0.15, -0.1) is 0 Å². The first kappa shape index (κ1) is 24.1. The Hall–Kier alpha value is -2.58. The normalized spacial score (nSPS) is 21.9. The van der Waals surface area contributed by atoms with Crippen molar-refractivity contribution in [2.45, 2.75) is 18.6 Å². The molecule has 2 fully saturated rings. The molecule has 35 heavy (non-hydrogen) atoms. The van der Waals surface area contributed by atoms with Crippen molar-refractivity contribution in [3.63, 3.8) is 0 Å². The molecule has 2 aliphatic rings. The number of benzene rings is 2. The molecule has 2 aliphatic heterocycles. The van der Waals surface area contributed by atoms with Gasteiger partial charge in [0.05, 0.1) is 13.0 Å². The lowest BCUT2D eigenvalue weighted by atomic mass is 9.96. The van der Waals surface area contributed by atoms with Crippen molar-refractivity contribution < 1.29 is 14.3 Å². The van der Waals surface area contributed by atoms with Crippen LogP contribution in [0, 0.1) is 0 Å². The van der Waals surface area contributed by atoms with E-state index >= 15 is 0 Å². The van der Waals surface area contributed by atoms with Crippen LogP contribution in [0.15, 0.2) is 54.7 Å². The Bertz CT molecular complexity index is 1140. The number of aromatic amines is 1. The SMILES string of the molecule is CN1CCN(C(=O)C[C@@]2(COc3ccc(Cl)cc3)CN(Cc3ccc4[nH]ccc4c3)CCO2)CC1. The maximum absolute atomic E-state index is 13.3. The molecule has 1 aromatic heterocycles. The number of aromatic nitrogens is 1. The van der Waals surface area contributed by atoms with Gasteiger partial charge in [-0.25, -0.2) is 0 Å². The van der Waals surface area contributed by atoms with Crippen molar-refractivity contribution in [1.29, 1.82) is 0 Å². The topological polar surface area (TPSA) is 61.0 Å². The fourth-order valence-corrected chi connectivity index (χ4v) is 5.08. The van der Waals surface area contributed by atoms with Gasteiger partial charge in [-0.1, -0.05) is 17.7 Å². The highest BCUT2D eigenvalue weighted by molar-refractivity contribution is 6.30. The third kappa shape index (κ3) is 5.98. The summed E-state index contributed by atoms with van der Waals surface area (Å²) in [7, 11) is 2.09. The average Bonchev–Trinajstić information content (AvgIpc) is 3.32. The van der Waals surface area contributed by atoms with Crippen molar-refractivity contribution in [3.8, 4) is 5.75 Å². The second kappa shape index (κ2) is 10.6. The number of hydrogen-bond acceptors (Lipinski definition) is 5. The van der Waals surface area contributed by atoms with Gasteiger partial charge in [0, 0.05) is 62.5 Å². The molecule has 7 nitrogen and oxygen atoms in total. The van der Waals surface area contributed by atoms with Crippen LogP contribution in [-0.4, -0.2) is 90.7 Å². The molecule has 0 aliphatic carbocycles. The number of nitrogens with one attached hydrogen (secondary N) is 1. The molecule has 5 rings (SSSR count). The summed E-state index contributed by atoms with van der Waals surface area (Å²) in [5, 5.41) is 1.87. The van der Waals surface area contributed by atoms with Crippen molar-refractivity contribution in [2.75, 3.05) is 59.5 Å². The summed E-state index contributed by atoms with van der Waals surface area (Å²) in [6.07, 6.45) is 2.27. The number of carbonyl (C=O) groups is 1. The van der Waals surface area contributed by atoms with Crippen LogP contribution < -0.4 is 4.74 Å². The monoisotopic (exact) mass is 496 g/mol. The number of ether oxygens (including phenoxy) is 2. The zero-order chi connectivity index (χ0) is 24.3. The minimum absolute atomic E-state index is 0.133. The summed E-state index contributed by atoms with van der Waals surface area (Å²) < 4.78 is 12.5. The molecular weight excluding hydrogens is 464 g/mol. The fourth-order valence-electron chi connectivity index (χ4n) is 4.95. The first-order valence-corrected chi connectivity index (χ1v) is 12.6. The predicted molar refractivity (Wildman–Crippen MR) is 138 cm³/mol. The van der Waals surface area contributed by atoms with Crippen molar-refractivity contribution >= 4 is 28.4 Å². The second-order valence-corrected chi connectivity index (χ2v) is 10.2. The third-order valence-corrected chi connectivity index (χ3v) is 7.25. The Labute approximate surface area is 211 Å². The van der Waals surface area contributed by atoms with Gasteiger partial charge in [0.2, 0.25) is 5.91 Å². The molecule has 2 saturated heterocycles. The highest BCUT2D eigenvalue weighted by atomic mass is 35.5. The molecule has 0 saturated carbocycles. The van der Waals surface area contributed by atoms with E-state index in [9.17, 15) is 4.79 Å². The van der Waals surface area contributed by atoms with Crippen LogP contribution in [0.25, 0.3) is 10.9 Å². The average molecular weight is 497 g/mol. The van der Waals surface area contributed by atoms with E-state index in [-0.39, 0.29) is 5.91 Å². The van der Waals surface area contributed by atoms with E-state index in [2.05, 4.69) is 46.1 Å². The number of carbonyl (C=O) groups excluding carboxylic acids is 1. The summed E-state index contributed by atoms with van der Waals surface area (Å²) in [6.45, 7) is 6.42. The van der Waals surface area contributed by atoms with Crippen LogP contribution in [-0.2, 0) is 16.1 Å². The Balaban J connectivity index is 1.31. The molecule has 1 N–H and O–H groups in total. The van der Waals surface area contributed by atoms with E-state index < -0.39 is 5.60 Å². The maximum atomic E-state index is 13.3. The molecule has 0 spiro atoms. The lowest BCUT2D eigenvalue weighted by molar-refractivity contribution is -0.157. The summed E-state index contributed by atoms with van der Waals surface area (Å²) in [6, 6.07) is 15.9. The van der Waals surface area contributed by atoms with Crippen LogP contribution >= 0.6 is 11.6 Å². The Morgan fingerprint density at radius 2 is 1.89 bits per heavy atom. The Morgan fingerprint density at radius 3 is 2.69 bits per heavy atom. The molecule has 3 aromatic rings. The standard InChI is InChI=1S/C27H33ClN4O3/c1-30-10-12-32(13-11-30)26(33)17-27(20-34-24-5-3-23(28)4-6-24)19-31(14-15-35-27)18-21-2-7-25-22(16-21)8-9-29-25/h2-9,16,29H,10-15,17-20H2,1H3/t27-/m0/s1. The van der Waals surface area contributed by atoms with Crippen molar-refractivity contribution in [2.24, 2.45) is 0 Å². The number of amides is 1. The molecule has 1 amide bonds. The zero-order valence-electron chi connectivity index (χ0n) is 20.2.